The third-order valence-corrected chi connectivity index (χ3v) is 4.46. The smallest absolute Gasteiger partial charge is 0.126 e. The van der Waals surface area contributed by atoms with Gasteiger partial charge in [-0.15, -0.1) is 0 Å². The molecule has 0 aromatic heterocycles. The Morgan fingerprint density at radius 3 is 2.36 bits per heavy atom. The molecule has 1 nitrogen and oxygen atoms in total. The van der Waals surface area contributed by atoms with E-state index >= 15 is 0 Å². The topological polar surface area (TPSA) is 12.4 Å². The first kappa shape index (κ1) is 16.7. The van der Waals surface area contributed by atoms with Crippen molar-refractivity contribution in [3.05, 3.63) is 58.6 Å². The normalized spacial score (nSPS) is 20.3. The van der Waals surface area contributed by atoms with Gasteiger partial charge in [0.15, 0.2) is 0 Å². The van der Waals surface area contributed by atoms with Gasteiger partial charge in [0.2, 0.25) is 0 Å². The van der Waals surface area contributed by atoms with Crippen LogP contribution in [-0.4, -0.2) is 5.71 Å². The molecule has 0 amide bonds. The summed E-state index contributed by atoms with van der Waals surface area (Å²) < 4.78 is 14.1. The Morgan fingerprint density at radius 1 is 1.32 bits per heavy atom. The highest BCUT2D eigenvalue weighted by Crippen LogP contribution is 2.38. The molecule has 0 bridgehead atoms. The Kier molecular flexibility index (Phi) is 5.00. The molecule has 0 atom stereocenters. The zero-order valence-electron chi connectivity index (χ0n) is 14.2. The number of halogens is 1. The van der Waals surface area contributed by atoms with Crippen molar-refractivity contribution in [1.29, 1.82) is 0 Å². The van der Waals surface area contributed by atoms with Gasteiger partial charge in [-0.05, 0) is 74.8 Å². The zero-order valence-corrected chi connectivity index (χ0v) is 14.2. The van der Waals surface area contributed by atoms with Crippen LogP contribution in [0.15, 0.2) is 63.6 Å². The fourth-order valence-corrected chi connectivity index (χ4v) is 2.45. The number of allylic oxidation sites excluding steroid dienone is 7. The van der Waals surface area contributed by atoms with Crippen LogP contribution in [0.25, 0.3) is 0 Å². The highest BCUT2D eigenvalue weighted by Gasteiger charge is 2.24. The van der Waals surface area contributed by atoms with Gasteiger partial charge in [-0.2, -0.15) is 0 Å². The maximum absolute atomic E-state index is 14.1. The van der Waals surface area contributed by atoms with Crippen LogP contribution in [0.4, 0.5) is 4.39 Å². The van der Waals surface area contributed by atoms with Crippen molar-refractivity contribution in [1.82, 2.24) is 0 Å². The fraction of sp³-hybridized carbons (Fsp3) is 0.450. The van der Waals surface area contributed by atoms with Crippen LogP contribution >= 0.6 is 0 Å². The van der Waals surface area contributed by atoms with Gasteiger partial charge in [0.25, 0.3) is 0 Å². The second-order valence-corrected chi connectivity index (χ2v) is 6.60. The van der Waals surface area contributed by atoms with Gasteiger partial charge >= 0.3 is 0 Å². The molecular formula is C20H26FN. The Morgan fingerprint density at radius 2 is 1.91 bits per heavy atom. The molecule has 22 heavy (non-hydrogen) atoms. The minimum absolute atomic E-state index is 0.268. The summed E-state index contributed by atoms with van der Waals surface area (Å²) in [6, 6.07) is 0. The van der Waals surface area contributed by atoms with Crippen molar-refractivity contribution >= 4 is 5.71 Å². The van der Waals surface area contributed by atoms with E-state index in [1.807, 2.05) is 13.8 Å². The van der Waals surface area contributed by atoms with Crippen molar-refractivity contribution in [3.63, 3.8) is 0 Å². The molecule has 118 valence electrons. The van der Waals surface area contributed by atoms with E-state index in [1.165, 1.54) is 24.8 Å². The van der Waals surface area contributed by atoms with E-state index in [0.717, 1.165) is 40.5 Å². The average molecular weight is 299 g/mol. The quantitative estimate of drug-likeness (QED) is 0.390. The summed E-state index contributed by atoms with van der Waals surface area (Å²) >= 11 is 0. The summed E-state index contributed by atoms with van der Waals surface area (Å²) in [7, 11) is 0. The fourth-order valence-electron chi connectivity index (χ4n) is 2.45. The zero-order chi connectivity index (χ0) is 16.4. The summed E-state index contributed by atoms with van der Waals surface area (Å²) in [5.41, 5.74) is 6.55. The van der Waals surface area contributed by atoms with Gasteiger partial charge in [-0.1, -0.05) is 31.6 Å². The van der Waals surface area contributed by atoms with Crippen molar-refractivity contribution < 1.29 is 4.39 Å². The molecule has 0 heterocycles. The Labute approximate surface area is 133 Å². The molecule has 1 saturated carbocycles. The lowest BCUT2D eigenvalue weighted by Gasteiger charge is -2.09. The van der Waals surface area contributed by atoms with E-state index in [0.29, 0.717) is 5.57 Å². The number of hydrogen-bond donors (Lipinski definition) is 0. The highest BCUT2D eigenvalue weighted by molar-refractivity contribution is 6.03. The molecule has 0 saturated heterocycles. The third kappa shape index (κ3) is 4.16. The lowest BCUT2D eigenvalue weighted by atomic mass is 9.98. The van der Waals surface area contributed by atoms with E-state index in [4.69, 9.17) is 0 Å². The predicted molar refractivity (Wildman–Crippen MR) is 93.6 cm³/mol. The lowest BCUT2D eigenvalue weighted by Crippen LogP contribution is -2.00. The molecule has 0 aromatic carbocycles. The summed E-state index contributed by atoms with van der Waals surface area (Å²) in [4.78, 5) is 4.63. The molecular weight excluding hydrogens is 273 g/mol. The number of nitrogens with zero attached hydrogens (tertiary/aromatic N) is 1. The predicted octanol–water partition coefficient (Wildman–Crippen LogP) is 6.23. The van der Waals surface area contributed by atoms with Crippen LogP contribution in [0.1, 0.15) is 53.4 Å². The minimum atomic E-state index is -0.268. The number of aliphatic imine (C=N–C) groups is 1. The molecule has 0 N–H and O–H groups in total. The van der Waals surface area contributed by atoms with Crippen LogP contribution in [-0.2, 0) is 0 Å². The highest BCUT2D eigenvalue weighted by atomic mass is 19.1. The van der Waals surface area contributed by atoms with Gasteiger partial charge in [0, 0.05) is 5.71 Å². The maximum atomic E-state index is 14.1. The molecule has 0 spiro atoms. The summed E-state index contributed by atoms with van der Waals surface area (Å²) in [5, 5.41) is 0. The molecule has 0 aliphatic heterocycles. The maximum Gasteiger partial charge on any atom is 0.126 e. The SMILES string of the molecule is C=C1C(C)=C1/N=C(C)/C(/C=C(/F)C(=C)C)=C(/C)CCC1CC1. The second-order valence-electron chi connectivity index (χ2n) is 6.60. The number of hydrogen-bond acceptors (Lipinski definition) is 1. The molecule has 0 radical (unpaired) electrons. The van der Waals surface area contributed by atoms with Crippen LogP contribution < -0.4 is 0 Å². The van der Waals surface area contributed by atoms with Crippen molar-refractivity contribution in [2.75, 3.05) is 0 Å². The first-order valence-electron chi connectivity index (χ1n) is 8.00. The van der Waals surface area contributed by atoms with Crippen molar-refractivity contribution in [2.24, 2.45) is 10.9 Å². The van der Waals surface area contributed by atoms with E-state index < -0.39 is 0 Å². The number of rotatable bonds is 7. The van der Waals surface area contributed by atoms with Crippen LogP contribution in [0.3, 0.4) is 0 Å². The molecule has 2 aliphatic rings. The van der Waals surface area contributed by atoms with Gasteiger partial charge in [-0.3, -0.25) is 4.99 Å². The van der Waals surface area contributed by atoms with Crippen LogP contribution in [0, 0.1) is 5.92 Å². The minimum Gasteiger partial charge on any atom is -0.252 e. The van der Waals surface area contributed by atoms with E-state index in [1.54, 1.807) is 13.0 Å². The summed E-state index contributed by atoms with van der Waals surface area (Å²) in [6.07, 6.45) is 6.48. The van der Waals surface area contributed by atoms with Crippen molar-refractivity contribution in [3.8, 4) is 0 Å². The van der Waals surface area contributed by atoms with Crippen LogP contribution in [0.5, 0.6) is 0 Å². The Bertz CT molecular complexity index is 637. The summed E-state index contributed by atoms with van der Waals surface area (Å²) in [5.74, 6) is 0.604. The molecule has 1 fully saturated rings. The molecule has 2 aliphatic carbocycles. The Hall–Kier alpha value is -1.70. The Balaban J connectivity index is 2.27. The van der Waals surface area contributed by atoms with Crippen molar-refractivity contribution in [2.45, 2.75) is 53.4 Å². The molecule has 2 rings (SSSR count). The van der Waals surface area contributed by atoms with E-state index in [2.05, 4.69) is 25.1 Å². The summed E-state index contributed by atoms with van der Waals surface area (Å²) in [6.45, 7) is 15.4. The third-order valence-electron chi connectivity index (χ3n) is 4.46. The molecule has 2 heteroatoms. The van der Waals surface area contributed by atoms with E-state index in [9.17, 15) is 4.39 Å². The first-order chi connectivity index (χ1) is 10.3. The molecule has 0 aromatic rings. The lowest BCUT2D eigenvalue weighted by molar-refractivity contribution is 0.651. The van der Waals surface area contributed by atoms with Gasteiger partial charge in [-0.25, -0.2) is 4.39 Å². The molecule has 0 unspecified atom stereocenters. The van der Waals surface area contributed by atoms with Gasteiger partial charge in [0.05, 0.1) is 5.70 Å². The average Bonchev–Trinajstić information content (AvgIpc) is 3.37. The van der Waals surface area contributed by atoms with E-state index in [-0.39, 0.29) is 5.83 Å². The largest absolute Gasteiger partial charge is 0.252 e. The van der Waals surface area contributed by atoms with Gasteiger partial charge < -0.3 is 0 Å². The second kappa shape index (κ2) is 6.60. The standard InChI is InChI=1S/C20H26FN/c1-12(2)19(21)11-18(13(3)7-8-17-9-10-17)16(6)22-20-14(4)15(20)5/h11,17H,1,4,7-10H2,2-3,5-6H3/b18-13-,19-11+,22-16+. The monoisotopic (exact) mass is 299 g/mol. The van der Waals surface area contributed by atoms with Crippen LogP contribution in [0.2, 0.25) is 0 Å². The van der Waals surface area contributed by atoms with Gasteiger partial charge in [0.1, 0.15) is 5.83 Å². The first-order valence-corrected chi connectivity index (χ1v) is 8.00.